The van der Waals surface area contributed by atoms with Crippen molar-refractivity contribution in [1.82, 2.24) is 4.90 Å². The summed E-state index contributed by atoms with van der Waals surface area (Å²) >= 11 is 3.54. The van der Waals surface area contributed by atoms with E-state index >= 15 is 0 Å². The number of nitrogens with zero attached hydrogens (tertiary/aromatic N) is 1. The second kappa shape index (κ2) is 5.37. The summed E-state index contributed by atoms with van der Waals surface area (Å²) in [5.74, 6) is -0.150. The van der Waals surface area contributed by atoms with E-state index in [1.54, 1.807) is 0 Å². The molecule has 2 saturated heterocycles. The zero-order chi connectivity index (χ0) is 14.2. The average Bonchev–Trinajstić information content (AvgIpc) is 3.04. The number of carbonyl (C=O) groups excluding carboxylic acids is 1. The van der Waals surface area contributed by atoms with Crippen molar-refractivity contribution in [3.63, 3.8) is 0 Å². The molecule has 2 heterocycles. The first-order valence-corrected chi connectivity index (χ1v) is 7.82. The van der Waals surface area contributed by atoms with Gasteiger partial charge in [0.2, 0.25) is 0 Å². The maximum atomic E-state index is 12.5. The van der Waals surface area contributed by atoms with E-state index < -0.39 is 5.54 Å². The molecule has 0 spiro atoms. The van der Waals surface area contributed by atoms with Crippen molar-refractivity contribution in [3.8, 4) is 0 Å². The fourth-order valence-electron chi connectivity index (χ4n) is 3.56. The first-order chi connectivity index (χ1) is 9.67. The number of halogens is 1. The molecule has 2 aliphatic rings. The predicted molar refractivity (Wildman–Crippen MR) is 81.7 cm³/mol. The van der Waals surface area contributed by atoms with Gasteiger partial charge in [0, 0.05) is 22.7 Å². The molecule has 0 saturated carbocycles. The molecule has 5 heteroatoms. The molecule has 2 unspecified atom stereocenters. The van der Waals surface area contributed by atoms with E-state index in [0.29, 0.717) is 0 Å². The van der Waals surface area contributed by atoms with Crippen molar-refractivity contribution in [3.05, 3.63) is 28.7 Å². The van der Waals surface area contributed by atoms with Gasteiger partial charge in [0.1, 0.15) is 0 Å². The van der Waals surface area contributed by atoms with Crippen LogP contribution in [0.15, 0.2) is 28.7 Å². The third-order valence-electron chi connectivity index (χ3n) is 4.51. The van der Waals surface area contributed by atoms with Crippen molar-refractivity contribution in [2.45, 2.75) is 30.8 Å². The number of nitrogens with one attached hydrogen (secondary N) is 1. The molecule has 0 amide bonds. The maximum Gasteiger partial charge on any atom is 0.333 e. The molecule has 0 aliphatic carbocycles. The fraction of sp³-hybridized carbons (Fsp3) is 0.533. The van der Waals surface area contributed by atoms with Crippen molar-refractivity contribution in [1.29, 1.82) is 0 Å². The first-order valence-electron chi connectivity index (χ1n) is 7.02. The second-order valence-electron chi connectivity index (χ2n) is 5.51. The number of carbonyl (C=O) groups is 1. The molecule has 4 nitrogen and oxygen atoms in total. The van der Waals surface area contributed by atoms with Gasteiger partial charge in [-0.2, -0.15) is 0 Å². The topological polar surface area (TPSA) is 41.6 Å². The van der Waals surface area contributed by atoms with Gasteiger partial charge in [-0.1, -0.05) is 12.1 Å². The molecule has 2 aliphatic heterocycles. The lowest BCUT2D eigenvalue weighted by atomic mass is 9.88. The van der Waals surface area contributed by atoms with Gasteiger partial charge in [0.15, 0.2) is 5.54 Å². The van der Waals surface area contributed by atoms with Gasteiger partial charge in [-0.25, -0.2) is 4.79 Å². The molecule has 0 aromatic heterocycles. The van der Waals surface area contributed by atoms with Crippen LogP contribution < -0.4 is 5.32 Å². The number of esters is 1. The highest BCUT2D eigenvalue weighted by Crippen LogP contribution is 2.40. The average molecular weight is 339 g/mol. The fourth-order valence-corrected chi connectivity index (χ4v) is 3.94. The number of rotatable bonds is 3. The Morgan fingerprint density at radius 3 is 3.00 bits per heavy atom. The Balaban J connectivity index is 1.95. The second-order valence-corrected chi connectivity index (χ2v) is 6.37. The molecule has 1 aromatic carbocycles. The summed E-state index contributed by atoms with van der Waals surface area (Å²) in [7, 11) is 1.48. The largest absolute Gasteiger partial charge is 0.467 e. The van der Waals surface area contributed by atoms with Crippen molar-refractivity contribution >= 4 is 27.6 Å². The van der Waals surface area contributed by atoms with Crippen molar-refractivity contribution in [2.24, 2.45) is 0 Å². The molecule has 108 valence electrons. The maximum absolute atomic E-state index is 12.5. The summed E-state index contributed by atoms with van der Waals surface area (Å²) in [5.41, 5.74) is 0.335. The normalized spacial score (nSPS) is 29.2. The molecule has 0 bridgehead atoms. The highest BCUT2D eigenvalue weighted by atomic mass is 79.9. The Hall–Kier alpha value is -1.07. The van der Waals surface area contributed by atoms with Crippen LogP contribution in [-0.2, 0) is 9.53 Å². The predicted octanol–water partition coefficient (Wildman–Crippen LogP) is 2.64. The monoisotopic (exact) mass is 338 g/mol. The van der Waals surface area contributed by atoms with E-state index in [0.717, 1.165) is 42.5 Å². The number of hydrogen-bond donors (Lipinski definition) is 1. The summed E-state index contributed by atoms with van der Waals surface area (Å²) in [6.07, 6.45) is 3.00. The Bertz CT molecular complexity index is 522. The molecule has 2 atom stereocenters. The summed E-state index contributed by atoms with van der Waals surface area (Å²) in [6.45, 7) is 2.04. The van der Waals surface area contributed by atoms with Crippen LogP contribution in [0.2, 0.25) is 0 Å². The number of benzene rings is 1. The third-order valence-corrected chi connectivity index (χ3v) is 5.20. The number of para-hydroxylation sites is 1. The lowest BCUT2D eigenvalue weighted by molar-refractivity contribution is -0.146. The molecular weight excluding hydrogens is 320 g/mol. The van der Waals surface area contributed by atoms with Crippen molar-refractivity contribution in [2.75, 3.05) is 25.5 Å². The molecule has 2 fully saturated rings. The molecule has 1 N–H and O–H groups in total. The van der Waals surface area contributed by atoms with E-state index in [1.807, 2.05) is 24.3 Å². The smallest absolute Gasteiger partial charge is 0.333 e. The first kappa shape index (κ1) is 13.9. The SMILES string of the molecule is COC(=O)C1(Nc2ccccc2Br)CCN2CCCC21. The van der Waals surface area contributed by atoms with Crippen molar-refractivity contribution < 1.29 is 9.53 Å². The van der Waals surface area contributed by atoms with Crippen LogP contribution in [0.5, 0.6) is 0 Å². The van der Waals surface area contributed by atoms with E-state index in [2.05, 4.69) is 26.1 Å². The quantitative estimate of drug-likeness (QED) is 0.860. The van der Waals surface area contributed by atoms with Crippen LogP contribution in [0.4, 0.5) is 5.69 Å². The minimum absolute atomic E-state index is 0.150. The summed E-state index contributed by atoms with van der Waals surface area (Å²) in [5, 5.41) is 3.48. The molecule has 3 rings (SSSR count). The minimum atomic E-state index is -0.616. The number of hydrogen-bond acceptors (Lipinski definition) is 4. The Kier molecular flexibility index (Phi) is 3.73. The van der Waals surface area contributed by atoms with Gasteiger partial charge in [0.25, 0.3) is 0 Å². The van der Waals surface area contributed by atoms with Gasteiger partial charge in [-0.15, -0.1) is 0 Å². The van der Waals surface area contributed by atoms with E-state index in [9.17, 15) is 4.79 Å². The van der Waals surface area contributed by atoms with E-state index in [4.69, 9.17) is 4.74 Å². The van der Waals surface area contributed by atoms with Crippen LogP contribution in [0.25, 0.3) is 0 Å². The summed E-state index contributed by atoms with van der Waals surface area (Å²) in [4.78, 5) is 14.9. The number of ether oxygens (including phenoxy) is 1. The Labute approximate surface area is 127 Å². The van der Waals surface area contributed by atoms with Gasteiger partial charge in [-0.3, -0.25) is 4.90 Å². The Morgan fingerprint density at radius 1 is 1.45 bits per heavy atom. The van der Waals surface area contributed by atoms with Gasteiger partial charge in [-0.05, 0) is 53.9 Å². The molecule has 20 heavy (non-hydrogen) atoms. The van der Waals surface area contributed by atoms with Gasteiger partial charge < -0.3 is 10.1 Å². The van der Waals surface area contributed by atoms with Crippen LogP contribution in [-0.4, -0.2) is 42.6 Å². The van der Waals surface area contributed by atoms with Crippen LogP contribution >= 0.6 is 15.9 Å². The summed E-state index contributed by atoms with van der Waals surface area (Å²) in [6, 6.07) is 8.15. The highest BCUT2D eigenvalue weighted by Gasteiger charge is 2.55. The van der Waals surface area contributed by atoms with Gasteiger partial charge >= 0.3 is 5.97 Å². The number of methoxy groups -OCH3 is 1. The number of fused-ring (bicyclic) bond motifs is 1. The minimum Gasteiger partial charge on any atom is -0.467 e. The highest BCUT2D eigenvalue weighted by molar-refractivity contribution is 9.10. The van der Waals surface area contributed by atoms with Gasteiger partial charge in [0.05, 0.1) is 7.11 Å². The lowest BCUT2D eigenvalue weighted by Crippen LogP contribution is -2.54. The third kappa shape index (κ3) is 2.13. The van der Waals surface area contributed by atoms with Crippen LogP contribution in [0.3, 0.4) is 0 Å². The van der Waals surface area contributed by atoms with E-state index in [1.165, 1.54) is 7.11 Å². The van der Waals surface area contributed by atoms with Crippen LogP contribution in [0.1, 0.15) is 19.3 Å². The Morgan fingerprint density at radius 2 is 2.25 bits per heavy atom. The van der Waals surface area contributed by atoms with E-state index in [-0.39, 0.29) is 12.0 Å². The summed E-state index contributed by atoms with van der Waals surface area (Å²) < 4.78 is 6.09. The zero-order valence-corrected chi connectivity index (χ0v) is 13.1. The zero-order valence-electron chi connectivity index (χ0n) is 11.6. The number of anilines is 1. The molecular formula is C15H19BrN2O2. The molecule has 1 aromatic rings. The lowest BCUT2D eigenvalue weighted by Gasteiger charge is -2.34. The van der Waals surface area contributed by atoms with Crippen LogP contribution in [0, 0.1) is 0 Å². The molecule has 0 radical (unpaired) electrons. The standard InChI is InChI=1S/C15H19BrN2O2/c1-20-14(19)15(8-10-18-9-4-7-13(15)18)17-12-6-3-2-5-11(12)16/h2-3,5-6,13,17H,4,7-10H2,1H3.